The first-order valence-corrected chi connectivity index (χ1v) is 5.30. The maximum Gasteiger partial charge on any atom is 0.123 e. The number of benzene rings is 1. The average Bonchev–Trinajstić information content (AvgIpc) is 2.78. The highest BCUT2D eigenvalue weighted by atomic mass is 19.1. The van der Waals surface area contributed by atoms with Crippen molar-refractivity contribution in [3.8, 4) is 0 Å². The van der Waals surface area contributed by atoms with E-state index in [1.807, 2.05) is 18.3 Å². The van der Waals surface area contributed by atoms with Crippen LogP contribution in [0.25, 0.3) is 0 Å². The van der Waals surface area contributed by atoms with Crippen LogP contribution in [0.15, 0.2) is 47.6 Å². The Kier molecular flexibility index (Phi) is 2.10. The van der Waals surface area contributed by atoms with Crippen molar-refractivity contribution >= 4 is 5.71 Å². The number of hydrogen-bond donors (Lipinski definition) is 0. The van der Waals surface area contributed by atoms with Gasteiger partial charge in [0, 0.05) is 18.3 Å². The molecule has 0 bridgehead atoms. The SMILES string of the molecule is Fc1ccc(C2=NCCn3cccc32)cc1. The van der Waals surface area contributed by atoms with Crippen molar-refractivity contribution in [2.24, 2.45) is 4.99 Å². The van der Waals surface area contributed by atoms with Gasteiger partial charge in [-0.05, 0) is 36.4 Å². The lowest BCUT2D eigenvalue weighted by molar-refractivity contribution is 0.627. The van der Waals surface area contributed by atoms with Crippen molar-refractivity contribution in [3.05, 3.63) is 59.7 Å². The van der Waals surface area contributed by atoms with Crippen LogP contribution in [0, 0.1) is 5.82 Å². The van der Waals surface area contributed by atoms with Gasteiger partial charge in [-0.15, -0.1) is 0 Å². The van der Waals surface area contributed by atoms with E-state index in [1.165, 1.54) is 12.1 Å². The zero-order valence-electron chi connectivity index (χ0n) is 8.73. The molecule has 16 heavy (non-hydrogen) atoms. The van der Waals surface area contributed by atoms with Gasteiger partial charge in [0.2, 0.25) is 0 Å². The lowest BCUT2D eigenvalue weighted by atomic mass is 10.1. The van der Waals surface area contributed by atoms with E-state index in [9.17, 15) is 4.39 Å². The second-order valence-electron chi connectivity index (χ2n) is 3.82. The highest BCUT2D eigenvalue weighted by molar-refractivity contribution is 6.12. The molecule has 3 heteroatoms. The van der Waals surface area contributed by atoms with E-state index in [1.54, 1.807) is 12.1 Å². The third kappa shape index (κ3) is 1.45. The van der Waals surface area contributed by atoms with Gasteiger partial charge >= 0.3 is 0 Å². The second kappa shape index (κ2) is 3.59. The van der Waals surface area contributed by atoms with Gasteiger partial charge in [-0.25, -0.2) is 4.39 Å². The van der Waals surface area contributed by atoms with E-state index in [2.05, 4.69) is 9.56 Å². The molecule has 1 aliphatic heterocycles. The molecule has 2 aromatic rings. The van der Waals surface area contributed by atoms with Crippen molar-refractivity contribution in [2.45, 2.75) is 6.54 Å². The van der Waals surface area contributed by atoms with Gasteiger partial charge in [-0.2, -0.15) is 0 Å². The molecule has 0 N–H and O–H groups in total. The van der Waals surface area contributed by atoms with Gasteiger partial charge in [0.15, 0.2) is 0 Å². The lowest BCUT2D eigenvalue weighted by Crippen LogP contribution is -2.18. The minimum absolute atomic E-state index is 0.212. The predicted octanol–water partition coefficient (Wildman–Crippen LogP) is 2.48. The monoisotopic (exact) mass is 214 g/mol. The van der Waals surface area contributed by atoms with Crippen LogP contribution in [0.3, 0.4) is 0 Å². The molecule has 1 aromatic carbocycles. The molecule has 1 aliphatic rings. The Hall–Kier alpha value is -1.90. The van der Waals surface area contributed by atoms with E-state index < -0.39 is 0 Å². The summed E-state index contributed by atoms with van der Waals surface area (Å²) in [7, 11) is 0. The van der Waals surface area contributed by atoms with Gasteiger partial charge in [-0.3, -0.25) is 4.99 Å². The molecule has 0 aliphatic carbocycles. The average molecular weight is 214 g/mol. The summed E-state index contributed by atoms with van der Waals surface area (Å²) in [5, 5.41) is 0. The van der Waals surface area contributed by atoms with Gasteiger partial charge < -0.3 is 4.57 Å². The fraction of sp³-hybridized carbons (Fsp3) is 0.154. The molecule has 1 aromatic heterocycles. The quantitative estimate of drug-likeness (QED) is 0.694. The van der Waals surface area contributed by atoms with Crippen molar-refractivity contribution in [3.63, 3.8) is 0 Å². The number of nitrogens with zero attached hydrogens (tertiary/aromatic N) is 2. The molecule has 0 saturated heterocycles. The van der Waals surface area contributed by atoms with Gasteiger partial charge in [0.1, 0.15) is 5.82 Å². The van der Waals surface area contributed by atoms with Crippen molar-refractivity contribution in [1.82, 2.24) is 4.57 Å². The molecule has 0 unspecified atom stereocenters. The molecular formula is C13H11FN2. The fourth-order valence-electron chi connectivity index (χ4n) is 2.02. The van der Waals surface area contributed by atoms with Gasteiger partial charge in [0.05, 0.1) is 18.0 Å². The Labute approximate surface area is 93.1 Å². The van der Waals surface area contributed by atoms with E-state index in [0.29, 0.717) is 0 Å². The van der Waals surface area contributed by atoms with Crippen molar-refractivity contribution < 1.29 is 4.39 Å². The molecule has 2 nitrogen and oxygen atoms in total. The summed E-state index contributed by atoms with van der Waals surface area (Å²) in [4.78, 5) is 4.52. The van der Waals surface area contributed by atoms with E-state index in [0.717, 1.165) is 30.1 Å². The number of hydrogen-bond acceptors (Lipinski definition) is 1. The molecule has 0 spiro atoms. The Morgan fingerprint density at radius 2 is 1.94 bits per heavy atom. The Bertz CT molecular complexity index is 537. The van der Waals surface area contributed by atoms with Crippen LogP contribution in [0.1, 0.15) is 11.3 Å². The minimum Gasteiger partial charge on any atom is -0.344 e. The normalized spacial score (nSPS) is 14.4. The zero-order valence-corrected chi connectivity index (χ0v) is 8.73. The molecule has 0 atom stereocenters. The number of aromatic nitrogens is 1. The van der Waals surface area contributed by atoms with Gasteiger partial charge in [0.25, 0.3) is 0 Å². The third-order valence-electron chi connectivity index (χ3n) is 2.80. The van der Waals surface area contributed by atoms with Crippen LogP contribution in [0.2, 0.25) is 0 Å². The fourth-order valence-corrected chi connectivity index (χ4v) is 2.02. The first kappa shape index (κ1) is 9.33. The van der Waals surface area contributed by atoms with Crippen molar-refractivity contribution in [2.75, 3.05) is 6.54 Å². The Balaban J connectivity index is 2.08. The number of halogens is 1. The molecule has 0 fully saturated rings. The van der Waals surface area contributed by atoms with Gasteiger partial charge in [-0.1, -0.05) is 0 Å². The largest absolute Gasteiger partial charge is 0.344 e. The highest BCUT2D eigenvalue weighted by Crippen LogP contribution is 2.16. The first-order valence-electron chi connectivity index (χ1n) is 5.30. The molecular weight excluding hydrogens is 203 g/mol. The maximum atomic E-state index is 12.8. The summed E-state index contributed by atoms with van der Waals surface area (Å²) in [6.07, 6.45) is 2.05. The third-order valence-corrected chi connectivity index (χ3v) is 2.80. The van der Waals surface area contributed by atoms with Crippen LogP contribution >= 0.6 is 0 Å². The van der Waals surface area contributed by atoms with E-state index in [4.69, 9.17) is 0 Å². The zero-order chi connectivity index (χ0) is 11.0. The van der Waals surface area contributed by atoms with Crippen LogP contribution in [0.5, 0.6) is 0 Å². The number of fused-ring (bicyclic) bond motifs is 1. The molecule has 0 saturated carbocycles. The number of rotatable bonds is 1. The molecule has 0 amide bonds. The molecule has 3 rings (SSSR count). The summed E-state index contributed by atoms with van der Waals surface area (Å²) in [6, 6.07) is 10.5. The summed E-state index contributed by atoms with van der Waals surface area (Å²) in [5.41, 5.74) is 3.04. The Morgan fingerprint density at radius 3 is 2.75 bits per heavy atom. The standard InChI is InChI=1S/C13H11FN2/c14-11-5-3-10(4-6-11)13-12-2-1-8-16(12)9-7-15-13/h1-6,8H,7,9H2. The molecule has 0 radical (unpaired) electrons. The Morgan fingerprint density at radius 1 is 1.12 bits per heavy atom. The van der Waals surface area contributed by atoms with Crippen LogP contribution in [0.4, 0.5) is 4.39 Å². The maximum absolute atomic E-state index is 12.8. The summed E-state index contributed by atoms with van der Waals surface area (Å²) in [5.74, 6) is -0.212. The summed E-state index contributed by atoms with van der Waals surface area (Å²) < 4.78 is 15.0. The topological polar surface area (TPSA) is 17.3 Å². The highest BCUT2D eigenvalue weighted by Gasteiger charge is 2.14. The molecule has 2 heterocycles. The van der Waals surface area contributed by atoms with Crippen molar-refractivity contribution in [1.29, 1.82) is 0 Å². The smallest absolute Gasteiger partial charge is 0.123 e. The predicted molar refractivity (Wildman–Crippen MR) is 61.3 cm³/mol. The summed E-state index contributed by atoms with van der Waals surface area (Å²) in [6.45, 7) is 1.71. The lowest BCUT2D eigenvalue weighted by Gasteiger charge is -2.16. The van der Waals surface area contributed by atoms with E-state index >= 15 is 0 Å². The second-order valence-corrected chi connectivity index (χ2v) is 3.82. The molecule has 80 valence electrons. The van der Waals surface area contributed by atoms with E-state index in [-0.39, 0.29) is 5.82 Å². The first-order chi connectivity index (χ1) is 7.84. The van der Waals surface area contributed by atoms with Crippen LogP contribution < -0.4 is 0 Å². The minimum atomic E-state index is -0.212. The van der Waals surface area contributed by atoms with Crippen LogP contribution in [-0.2, 0) is 6.54 Å². The number of aliphatic imine (C=N–C) groups is 1. The van der Waals surface area contributed by atoms with Crippen LogP contribution in [-0.4, -0.2) is 16.8 Å². The summed E-state index contributed by atoms with van der Waals surface area (Å²) >= 11 is 0.